The first-order chi connectivity index (χ1) is 13.9. The Morgan fingerprint density at radius 1 is 0.500 bits per heavy atom. The van der Waals surface area contributed by atoms with Gasteiger partial charge < -0.3 is 0 Å². The molecule has 0 unspecified atom stereocenters. The molecule has 28 heavy (non-hydrogen) atoms. The summed E-state index contributed by atoms with van der Waals surface area (Å²) in [6.45, 7) is 2.28. The molecule has 3 aromatic carbocycles. The number of aryl methyl sites for hydroxylation is 1. The maximum atomic E-state index is 2.36. The Bertz CT molecular complexity index is 738. The number of hydrogen-bond acceptors (Lipinski definition) is 0. The fourth-order valence-electron chi connectivity index (χ4n) is 3.70. The second kappa shape index (κ2) is 11.8. The second-order valence-corrected chi connectivity index (χ2v) is 9.76. The number of unbranched alkanes of at least 4 members (excludes halogenated alkanes) is 6. The zero-order valence-corrected chi connectivity index (χ0v) is 18.1. The van der Waals surface area contributed by atoms with E-state index in [9.17, 15) is 0 Å². The average molecular weight is 389 g/mol. The normalized spacial score (nSPS) is 11.1. The van der Waals surface area contributed by atoms with Crippen molar-refractivity contribution < 1.29 is 0 Å². The van der Waals surface area contributed by atoms with Crippen LogP contribution in [0, 0.1) is 0 Å². The first-order valence-corrected chi connectivity index (χ1v) is 12.2. The van der Waals surface area contributed by atoms with Crippen molar-refractivity contribution in [1.29, 1.82) is 0 Å². The highest BCUT2D eigenvalue weighted by atomic mass is 31.1. The van der Waals surface area contributed by atoms with Crippen molar-refractivity contribution in [3.8, 4) is 0 Å². The summed E-state index contributed by atoms with van der Waals surface area (Å²) in [5, 5.41) is 4.28. The van der Waals surface area contributed by atoms with E-state index in [4.69, 9.17) is 0 Å². The lowest BCUT2D eigenvalue weighted by atomic mass is 10.0. The summed E-state index contributed by atoms with van der Waals surface area (Å²) in [4.78, 5) is 0. The maximum absolute atomic E-state index is 2.36. The predicted octanol–water partition coefficient (Wildman–Crippen LogP) is 6.74. The number of hydrogen-bond donors (Lipinski definition) is 0. The molecule has 0 N–H and O–H groups in total. The predicted molar refractivity (Wildman–Crippen MR) is 127 cm³/mol. The first-order valence-electron chi connectivity index (χ1n) is 10.9. The average Bonchev–Trinajstić information content (AvgIpc) is 2.76. The van der Waals surface area contributed by atoms with Crippen molar-refractivity contribution in [1.82, 2.24) is 0 Å². The summed E-state index contributed by atoms with van der Waals surface area (Å²) in [5.41, 5.74) is 1.48. The van der Waals surface area contributed by atoms with E-state index < -0.39 is 7.92 Å². The van der Waals surface area contributed by atoms with Gasteiger partial charge >= 0.3 is 0 Å². The molecule has 0 bridgehead atoms. The molecule has 3 aromatic rings. The summed E-state index contributed by atoms with van der Waals surface area (Å²) in [6, 6.07) is 31.3. The standard InChI is InChI=1S/C27H33P/c1-2-3-4-5-6-7-10-15-24-20-22-27(23-21-24)28(25-16-11-8-12-17-25)26-18-13-9-14-19-26/h8-9,11-14,16-23H,2-7,10,15H2,1H3. The third-order valence-corrected chi connectivity index (χ3v) is 7.74. The van der Waals surface area contributed by atoms with Crippen molar-refractivity contribution in [3.05, 3.63) is 90.5 Å². The van der Waals surface area contributed by atoms with Gasteiger partial charge in [-0.2, -0.15) is 0 Å². The van der Waals surface area contributed by atoms with Gasteiger partial charge in [-0.1, -0.05) is 130 Å². The summed E-state index contributed by atoms with van der Waals surface area (Å²) < 4.78 is 0. The quantitative estimate of drug-likeness (QED) is 0.252. The molecule has 0 atom stereocenters. The van der Waals surface area contributed by atoms with Crippen LogP contribution in [0.3, 0.4) is 0 Å². The summed E-state index contributed by atoms with van der Waals surface area (Å²) in [7, 11) is -0.483. The Kier molecular flexibility index (Phi) is 8.79. The molecule has 1 heteroatoms. The van der Waals surface area contributed by atoms with Crippen molar-refractivity contribution >= 4 is 23.8 Å². The van der Waals surface area contributed by atoms with Crippen molar-refractivity contribution in [2.24, 2.45) is 0 Å². The molecule has 0 aliphatic heterocycles. The van der Waals surface area contributed by atoms with Crippen LogP contribution in [-0.2, 0) is 6.42 Å². The number of benzene rings is 3. The molecule has 0 saturated heterocycles. The van der Waals surface area contributed by atoms with Crippen LogP contribution in [-0.4, -0.2) is 0 Å². The summed E-state index contributed by atoms with van der Waals surface area (Å²) in [5.74, 6) is 0. The van der Waals surface area contributed by atoms with E-state index in [-0.39, 0.29) is 0 Å². The lowest BCUT2D eigenvalue weighted by Crippen LogP contribution is -2.20. The van der Waals surface area contributed by atoms with Crippen molar-refractivity contribution in [2.45, 2.75) is 58.3 Å². The van der Waals surface area contributed by atoms with Gasteiger partial charge in [0.2, 0.25) is 0 Å². The second-order valence-electron chi connectivity index (χ2n) is 7.54. The van der Waals surface area contributed by atoms with Crippen LogP contribution in [0.5, 0.6) is 0 Å². The molecule has 0 fully saturated rings. The molecule has 0 nitrogen and oxygen atoms in total. The smallest absolute Gasteiger partial charge is 0.0134 e. The highest BCUT2D eigenvalue weighted by Gasteiger charge is 2.15. The third kappa shape index (κ3) is 6.32. The van der Waals surface area contributed by atoms with Crippen LogP contribution in [0.15, 0.2) is 84.9 Å². The van der Waals surface area contributed by atoms with E-state index in [1.807, 2.05) is 0 Å². The molecule has 0 aromatic heterocycles. The maximum Gasteiger partial charge on any atom is -0.0134 e. The van der Waals surface area contributed by atoms with Crippen LogP contribution in [0.2, 0.25) is 0 Å². The van der Waals surface area contributed by atoms with Crippen LogP contribution in [0.1, 0.15) is 57.4 Å². The Hall–Kier alpha value is -1.91. The SMILES string of the molecule is CCCCCCCCCc1ccc(P(c2ccccc2)c2ccccc2)cc1. The molecule has 0 spiro atoms. The molecule has 0 amide bonds. The van der Waals surface area contributed by atoms with Gasteiger partial charge in [0.15, 0.2) is 0 Å². The molecule has 3 rings (SSSR count). The fraction of sp³-hybridized carbons (Fsp3) is 0.333. The van der Waals surface area contributed by atoms with Gasteiger partial charge in [-0.3, -0.25) is 0 Å². The van der Waals surface area contributed by atoms with E-state index in [0.29, 0.717) is 0 Å². The van der Waals surface area contributed by atoms with E-state index in [2.05, 4.69) is 91.9 Å². The fourth-order valence-corrected chi connectivity index (χ4v) is 5.98. The molecule has 0 heterocycles. The summed E-state index contributed by atoms with van der Waals surface area (Å²) >= 11 is 0. The highest BCUT2D eigenvalue weighted by molar-refractivity contribution is 7.79. The van der Waals surface area contributed by atoms with Crippen molar-refractivity contribution in [3.63, 3.8) is 0 Å². The monoisotopic (exact) mass is 388 g/mol. The zero-order chi connectivity index (χ0) is 19.4. The molecule has 0 radical (unpaired) electrons. The van der Waals surface area contributed by atoms with Gasteiger partial charge in [0.1, 0.15) is 0 Å². The minimum absolute atomic E-state index is 0.483. The minimum Gasteiger partial charge on any atom is -0.0654 e. The lowest BCUT2D eigenvalue weighted by molar-refractivity contribution is 0.589. The van der Waals surface area contributed by atoms with E-state index in [1.54, 1.807) is 0 Å². The van der Waals surface area contributed by atoms with Gasteiger partial charge in [0.05, 0.1) is 0 Å². The number of rotatable bonds is 11. The van der Waals surface area contributed by atoms with E-state index in [0.717, 1.165) is 0 Å². The van der Waals surface area contributed by atoms with E-state index >= 15 is 0 Å². The molecular formula is C27H33P. The molecule has 0 aliphatic carbocycles. The first kappa shape index (κ1) is 20.8. The molecular weight excluding hydrogens is 355 g/mol. The van der Waals surface area contributed by atoms with Crippen LogP contribution in [0.25, 0.3) is 0 Å². The Labute approximate surface area is 172 Å². The van der Waals surface area contributed by atoms with Gasteiger partial charge in [0, 0.05) is 0 Å². The van der Waals surface area contributed by atoms with Gasteiger partial charge in [0.25, 0.3) is 0 Å². The Morgan fingerprint density at radius 3 is 1.50 bits per heavy atom. The molecule has 0 saturated carbocycles. The van der Waals surface area contributed by atoms with Gasteiger partial charge in [-0.25, -0.2) is 0 Å². The minimum atomic E-state index is -0.483. The largest absolute Gasteiger partial charge is 0.0654 e. The third-order valence-electron chi connectivity index (χ3n) is 5.29. The Morgan fingerprint density at radius 2 is 0.964 bits per heavy atom. The zero-order valence-electron chi connectivity index (χ0n) is 17.2. The highest BCUT2D eigenvalue weighted by Crippen LogP contribution is 2.32. The van der Waals surface area contributed by atoms with Crippen molar-refractivity contribution in [2.75, 3.05) is 0 Å². The van der Waals surface area contributed by atoms with Crippen LogP contribution < -0.4 is 15.9 Å². The topological polar surface area (TPSA) is 0 Å². The van der Waals surface area contributed by atoms with Crippen LogP contribution >= 0.6 is 7.92 Å². The van der Waals surface area contributed by atoms with Crippen LogP contribution in [0.4, 0.5) is 0 Å². The summed E-state index contributed by atoms with van der Waals surface area (Å²) in [6.07, 6.45) is 10.8. The van der Waals surface area contributed by atoms with Gasteiger partial charge in [-0.15, -0.1) is 0 Å². The lowest BCUT2D eigenvalue weighted by Gasteiger charge is -2.19. The molecule has 146 valence electrons. The van der Waals surface area contributed by atoms with E-state index in [1.165, 1.54) is 72.8 Å². The van der Waals surface area contributed by atoms with Gasteiger partial charge in [-0.05, 0) is 42.2 Å². The Balaban J connectivity index is 1.63. The molecule has 0 aliphatic rings.